The summed E-state index contributed by atoms with van der Waals surface area (Å²) in [6.45, 7) is 9.37. The first kappa shape index (κ1) is 18.2. The molecule has 1 N–H and O–H groups in total. The van der Waals surface area contributed by atoms with Crippen LogP contribution < -0.4 is 0 Å². The molecule has 0 amide bonds. The fraction of sp³-hybridized carbons (Fsp3) is 0.700. The second kappa shape index (κ2) is 6.27. The largest absolute Gasteiger partial charge is 0.454 e. The molecule has 25 heavy (non-hydrogen) atoms. The average molecular weight is 348 g/mol. The Hall–Kier alpha value is -1.62. The highest BCUT2D eigenvalue weighted by atomic mass is 16.6. The van der Waals surface area contributed by atoms with E-state index in [1.54, 1.807) is 26.8 Å². The summed E-state index contributed by atoms with van der Waals surface area (Å²) in [5.74, 6) is -0.492. The zero-order valence-electron chi connectivity index (χ0n) is 15.7. The first-order valence-electron chi connectivity index (χ1n) is 9.15. The van der Waals surface area contributed by atoms with Gasteiger partial charge in [0.05, 0.1) is 6.10 Å². The molecule has 2 aliphatic carbocycles. The highest BCUT2D eigenvalue weighted by Crippen LogP contribution is 2.57. The Bertz CT molecular complexity index is 661. The van der Waals surface area contributed by atoms with Gasteiger partial charge in [-0.05, 0) is 51.9 Å². The van der Waals surface area contributed by atoms with E-state index in [9.17, 15) is 14.7 Å². The Morgan fingerprint density at radius 1 is 1.40 bits per heavy atom. The highest BCUT2D eigenvalue weighted by molar-refractivity contribution is 5.93. The minimum Gasteiger partial charge on any atom is -0.454 e. The van der Waals surface area contributed by atoms with E-state index in [2.05, 4.69) is 6.92 Å². The number of esters is 2. The van der Waals surface area contributed by atoms with E-state index in [0.717, 1.165) is 24.8 Å². The molecule has 0 aromatic heterocycles. The predicted octanol–water partition coefficient (Wildman–Crippen LogP) is 2.92. The van der Waals surface area contributed by atoms with Crippen LogP contribution in [-0.4, -0.2) is 35.4 Å². The molecule has 0 aromatic carbocycles. The third-order valence-electron chi connectivity index (χ3n) is 6.91. The van der Waals surface area contributed by atoms with Crippen molar-refractivity contribution < 1.29 is 24.2 Å². The molecule has 1 aliphatic heterocycles. The molecule has 1 heterocycles. The summed E-state index contributed by atoms with van der Waals surface area (Å²) >= 11 is 0. The van der Waals surface area contributed by atoms with Crippen LogP contribution in [0.15, 0.2) is 22.8 Å². The Kier molecular flexibility index (Phi) is 4.56. The fourth-order valence-electron chi connectivity index (χ4n) is 4.83. The maximum Gasteiger partial charge on any atom is 0.334 e. The molecule has 3 aliphatic rings. The third kappa shape index (κ3) is 2.64. The van der Waals surface area contributed by atoms with Crippen LogP contribution >= 0.6 is 0 Å². The molecule has 0 bridgehead atoms. The first-order valence-corrected chi connectivity index (χ1v) is 9.15. The minimum absolute atomic E-state index is 0.0353. The van der Waals surface area contributed by atoms with Crippen LogP contribution in [0, 0.1) is 17.3 Å². The van der Waals surface area contributed by atoms with Crippen LogP contribution in [0.1, 0.15) is 53.9 Å². The molecule has 5 heteroatoms. The maximum absolute atomic E-state index is 12.5. The molecular formula is C20H28O5. The summed E-state index contributed by atoms with van der Waals surface area (Å²) in [6, 6.07) is 0. The van der Waals surface area contributed by atoms with E-state index in [1.165, 1.54) is 0 Å². The number of fused-ring (bicyclic) bond motifs is 2. The van der Waals surface area contributed by atoms with Gasteiger partial charge in [0, 0.05) is 22.1 Å². The quantitative estimate of drug-likeness (QED) is 0.613. The van der Waals surface area contributed by atoms with Crippen molar-refractivity contribution >= 4 is 11.9 Å². The zero-order valence-corrected chi connectivity index (χ0v) is 15.7. The van der Waals surface area contributed by atoms with Crippen molar-refractivity contribution in [2.24, 2.45) is 17.3 Å². The van der Waals surface area contributed by atoms with Crippen LogP contribution in [0.25, 0.3) is 0 Å². The van der Waals surface area contributed by atoms with Crippen LogP contribution in [0.3, 0.4) is 0 Å². The summed E-state index contributed by atoms with van der Waals surface area (Å²) < 4.78 is 11.5. The van der Waals surface area contributed by atoms with Gasteiger partial charge in [0.2, 0.25) is 0 Å². The summed E-state index contributed by atoms with van der Waals surface area (Å²) in [5.41, 5.74) is 1.46. The van der Waals surface area contributed by atoms with Gasteiger partial charge in [-0.3, -0.25) is 0 Å². The smallest absolute Gasteiger partial charge is 0.334 e. The zero-order chi connectivity index (χ0) is 18.5. The summed E-state index contributed by atoms with van der Waals surface area (Å²) in [5, 5.41) is 10.5. The molecule has 3 rings (SSSR count). The standard InChI is InChI=1S/C20H28O5/c1-6-10(2)18(22)25-17-16-11(3)19(23)24-15(16)9-13-7-8-14(21)12(4)20(13,17)5/h6,12-15,17,21H,7-9H2,1-5H3/b10-6-. The number of hydrogen-bond donors (Lipinski definition) is 1. The van der Waals surface area contributed by atoms with Gasteiger partial charge in [-0.25, -0.2) is 9.59 Å². The summed E-state index contributed by atoms with van der Waals surface area (Å²) in [6.07, 6.45) is 2.75. The van der Waals surface area contributed by atoms with E-state index in [4.69, 9.17) is 9.47 Å². The Labute approximate surface area is 149 Å². The second-order valence-electron chi connectivity index (χ2n) is 7.96. The topological polar surface area (TPSA) is 72.8 Å². The molecule has 6 atom stereocenters. The number of aliphatic hydroxyl groups excluding tert-OH is 1. The Morgan fingerprint density at radius 2 is 2.08 bits per heavy atom. The summed E-state index contributed by atoms with van der Waals surface area (Å²) in [7, 11) is 0. The Morgan fingerprint density at radius 3 is 2.72 bits per heavy atom. The van der Waals surface area contributed by atoms with Gasteiger partial charge in [0.1, 0.15) is 12.2 Å². The number of ether oxygens (including phenoxy) is 2. The van der Waals surface area contributed by atoms with Gasteiger partial charge in [0.25, 0.3) is 0 Å². The lowest BCUT2D eigenvalue weighted by Gasteiger charge is -2.56. The van der Waals surface area contributed by atoms with Gasteiger partial charge in [-0.15, -0.1) is 0 Å². The maximum atomic E-state index is 12.5. The van der Waals surface area contributed by atoms with Crippen molar-refractivity contribution in [3.63, 3.8) is 0 Å². The molecule has 5 nitrogen and oxygen atoms in total. The molecule has 0 saturated heterocycles. The first-order chi connectivity index (χ1) is 11.7. The fourth-order valence-corrected chi connectivity index (χ4v) is 4.83. The number of rotatable bonds is 2. The van der Waals surface area contributed by atoms with Crippen LogP contribution in [0.4, 0.5) is 0 Å². The lowest BCUT2D eigenvalue weighted by atomic mass is 9.52. The van der Waals surface area contributed by atoms with Gasteiger partial charge in [-0.1, -0.05) is 19.9 Å². The van der Waals surface area contributed by atoms with Crippen molar-refractivity contribution in [3.05, 3.63) is 22.8 Å². The monoisotopic (exact) mass is 348 g/mol. The molecule has 2 saturated carbocycles. The van der Waals surface area contributed by atoms with Gasteiger partial charge >= 0.3 is 11.9 Å². The van der Waals surface area contributed by atoms with Crippen molar-refractivity contribution in [1.82, 2.24) is 0 Å². The minimum atomic E-state index is -0.546. The number of carbonyl (C=O) groups is 2. The number of carbonyl (C=O) groups excluding carboxylic acids is 2. The lowest BCUT2D eigenvalue weighted by Crippen LogP contribution is -2.58. The summed E-state index contributed by atoms with van der Waals surface area (Å²) in [4.78, 5) is 24.7. The van der Waals surface area contributed by atoms with Crippen LogP contribution in [0.5, 0.6) is 0 Å². The van der Waals surface area contributed by atoms with Crippen molar-refractivity contribution in [3.8, 4) is 0 Å². The number of aliphatic hydroxyl groups is 1. The van der Waals surface area contributed by atoms with Crippen molar-refractivity contribution in [2.75, 3.05) is 0 Å². The number of allylic oxidation sites excluding steroid dienone is 1. The predicted molar refractivity (Wildman–Crippen MR) is 92.5 cm³/mol. The highest BCUT2D eigenvalue weighted by Gasteiger charge is 2.60. The normalized spacial score (nSPS) is 41.1. The van der Waals surface area contributed by atoms with E-state index >= 15 is 0 Å². The molecule has 0 aromatic rings. The molecule has 0 spiro atoms. The number of hydrogen-bond acceptors (Lipinski definition) is 5. The molecule has 6 unspecified atom stereocenters. The second-order valence-corrected chi connectivity index (χ2v) is 7.96. The molecule has 0 radical (unpaired) electrons. The van der Waals surface area contributed by atoms with Gasteiger partial charge in [-0.2, -0.15) is 0 Å². The van der Waals surface area contributed by atoms with Crippen LogP contribution in [-0.2, 0) is 19.1 Å². The molecule has 138 valence electrons. The van der Waals surface area contributed by atoms with E-state index in [0.29, 0.717) is 11.1 Å². The molecule has 2 fully saturated rings. The van der Waals surface area contributed by atoms with E-state index < -0.39 is 17.6 Å². The SMILES string of the molecule is C/C=C(/C)C(=O)OC1C2=C(C)C(=O)OC2CC2CCC(O)C(C)C21C. The third-order valence-corrected chi connectivity index (χ3v) is 6.91. The van der Waals surface area contributed by atoms with Gasteiger partial charge in [0.15, 0.2) is 0 Å². The lowest BCUT2D eigenvalue weighted by molar-refractivity contribution is -0.175. The van der Waals surface area contributed by atoms with E-state index in [-0.39, 0.29) is 29.9 Å². The van der Waals surface area contributed by atoms with Crippen LogP contribution in [0.2, 0.25) is 0 Å². The molecular weight excluding hydrogens is 320 g/mol. The average Bonchev–Trinajstić information content (AvgIpc) is 2.86. The van der Waals surface area contributed by atoms with Crippen molar-refractivity contribution in [2.45, 2.75) is 72.2 Å². The van der Waals surface area contributed by atoms with Gasteiger partial charge < -0.3 is 14.6 Å². The van der Waals surface area contributed by atoms with Crippen molar-refractivity contribution in [1.29, 1.82) is 0 Å². The van der Waals surface area contributed by atoms with E-state index in [1.807, 2.05) is 6.92 Å². The Balaban J connectivity index is 2.08.